The van der Waals surface area contributed by atoms with E-state index in [2.05, 4.69) is 55.9 Å². The zero-order chi connectivity index (χ0) is 15.4. The van der Waals surface area contributed by atoms with E-state index >= 15 is 0 Å². The summed E-state index contributed by atoms with van der Waals surface area (Å²) in [6.07, 6.45) is 5.48. The Kier molecular flexibility index (Phi) is 5.91. The van der Waals surface area contributed by atoms with Gasteiger partial charge in [-0.15, -0.1) is 22.7 Å². The Morgan fingerprint density at radius 2 is 1.77 bits per heavy atom. The van der Waals surface area contributed by atoms with E-state index in [0.717, 1.165) is 6.04 Å². The summed E-state index contributed by atoms with van der Waals surface area (Å²) < 4.78 is 0. The highest BCUT2D eigenvalue weighted by Gasteiger charge is 2.32. The molecule has 118 valence electrons. The summed E-state index contributed by atoms with van der Waals surface area (Å²) >= 11 is 6.70. The molecule has 0 saturated carbocycles. The first-order valence-corrected chi connectivity index (χ1v) is 11.2. The first kappa shape index (κ1) is 16.4. The Bertz CT molecular complexity index is 549. The van der Waals surface area contributed by atoms with Crippen LogP contribution in [0.25, 0.3) is 5.57 Å². The number of fused-ring (bicyclic) bond motifs is 1. The third kappa shape index (κ3) is 3.40. The molecular weight excluding hydrogens is 374 g/mol. The molecule has 2 fully saturated rings. The number of rotatable bonds is 2. The lowest BCUT2D eigenvalue weighted by molar-refractivity contribution is 0.199. The van der Waals surface area contributed by atoms with Gasteiger partial charge >= 0.3 is 0 Å². The SMILES string of the molecule is CBr.c1csc(C(=C2CC3CCCCN3C2)c2cccs2)c1. The van der Waals surface area contributed by atoms with Crippen molar-refractivity contribution in [1.29, 1.82) is 0 Å². The van der Waals surface area contributed by atoms with Gasteiger partial charge in [0, 0.05) is 27.9 Å². The fourth-order valence-electron chi connectivity index (χ4n) is 3.59. The Hall–Kier alpha value is -0.420. The van der Waals surface area contributed by atoms with E-state index in [9.17, 15) is 0 Å². The Balaban J connectivity index is 0.000000693. The van der Waals surface area contributed by atoms with Gasteiger partial charge in [-0.25, -0.2) is 0 Å². The first-order chi connectivity index (χ1) is 10.9. The molecule has 2 aliphatic heterocycles. The van der Waals surface area contributed by atoms with Crippen molar-refractivity contribution in [3.8, 4) is 0 Å². The minimum atomic E-state index is 0.814. The molecule has 0 amide bonds. The number of hydrogen-bond donors (Lipinski definition) is 0. The molecule has 2 aliphatic rings. The van der Waals surface area contributed by atoms with Crippen LogP contribution in [0.2, 0.25) is 0 Å². The normalized spacial score (nSPS) is 21.2. The van der Waals surface area contributed by atoms with Gasteiger partial charge in [0.1, 0.15) is 0 Å². The molecular formula is C18H22BrNS2. The molecule has 2 saturated heterocycles. The lowest BCUT2D eigenvalue weighted by Gasteiger charge is -2.28. The predicted octanol–water partition coefficient (Wildman–Crippen LogP) is 5.88. The van der Waals surface area contributed by atoms with Crippen LogP contribution in [0.1, 0.15) is 35.4 Å². The second-order valence-corrected chi connectivity index (χ2v) is 7.65. The molecule has 2 aromatic rings. The summed E-state index contributed by atoms with van der Waals surface area (Å²) in [6.45, 7) is 2.49. The summed E-state index contributed by atoms with van der Waals surface area (Å²) in [6, 6.07) is 9.73. The van der Waals surface area contributed by atoms with E-state index in [-0.39, 0.29) is 0 Å². The quantitative estimate of drug-likeness (QED) is 0.573. The van der Waals surface area contributed by atoms with Gasteiger partial charge in [0.15, 0.2) is 0 Å². The Labute approximate surface area is 149 Å². The van der Waals surface area contributed by atoms with Gasteiger partial charge in [0.25, 0.3) is 0 Å². The zero-order valence-corrected chi connectivity index (χ0v) is 16.1. The van der Waals surface area contributed by atoms with Crippen LogP contribution < -0.4 is 0 Å². The maximum Gasteiger partial charge on any atom is 0.0356 e. The number of alkyl halides is 1. The maximum atomic E-state index is 2.94. The zero-order valence-electron chi connectivity index (χ0n) is 12.9. The third-order valence-electron chi connectivity index (χ3n) is 4.51. The molecule has 0 radical (unpaired) electrons. The molecule has 1 nitrogen and oxygen atoms in total. The van der Waals surface area contributed by atoms with Gasteiger partial charge < -0.3 is 0 Å². The fourth-order valence-corrected chi connectivity index (χ4v) is 5.32. The van der Waals surface area contributed by atoms with Crippen molar-refractivity contribution in [1.82, 2.24) is 4.90 Å². The lowest BCUT2D eigenvalue weighted by Crippen LogP contribution is -2.33. The largest absolute Gasteiger partial charge is 0.296 e. The molecule has 0 aromatic carbocycles. The van der Waals surface area contributed by atoms with Crippen molar-refractivity contribution in [2.45, 2.75) is 31.7 Å². The average molecular weight is 396 g/mol. The predicted molar refractivity (Wildman–Crippen MR) is 103 cm³/mol. The number of nitrogens with zero attached hydrogens (tertiary/aromatic N) is 1. The van der Waals surface area contributed by atoms with Crippen molar-refractivity contribution in [3.05, 3.63) is 50.4 Å². The van der Waals surface area contributed by atoms with E-state index < -0.39 is 0 Å². The second kappa shape index (κ2) is 7.91. The smallest absolute Gasteiger partial charge is 0.0356 e. The molecule has 0 spiro atoms. The van der Waals surface area contributed by atoms with E-state index in [1.165, 1.54) is 54.1 Å². The molecule has 4 rings (SSSR count). The minimum absolute atomic E-state index is 0.814. The second-order valence-electron chi connectivity index (χ2n) is 5.76. The van der Waals surface area contributed by atoms with Gasteiger partial charge in [-0.1, -0.05) is 34.5 Å². The van der Waals surface area contributed by atoms with Crippen LogP contribution in [-0.4, -0.2) is 29.9 Å². The molecule has 0 N–H and O–H groups in total. The molecule has 4 heterocycles. The highest BCUT2D eigenvalue weighted by molar-refractivity contribution is 9.08. The summed E-state index contributed by atoms with van der Waals surface area (Å²) in [5.41, 5.74) is 3.20. The van der Waals surface area contributed by atoms with Gasteiger partial charge in [-0.3, -0.25) is 4.90 Å². The standard InChI is InChI=1S/C17H19NS2.CH3Br/c1-2-8-18-12-13(11-14(18)5-1)17(15-6-3-9-19-15)16-7-4-10-20-16;1-2/h3-4,6-7,9-10,14H,1-2,5,8,11-12H2;1H3. The molecule has 4 heteroatoms. The summed E-state index contributed by atoms with van der Waals surface area (Å²) in [5.74, 6) is 1.81. The maximum absolute atomic E-state index is 2.94. The number of thiophene rings is 2. The highest BCUT2D eigenvalue weighted by atomic mass is 79.9. The van der Waals surface area contributed by atoms with Crippen molar-refractivity contribution >= 4 is 44.2 Å². The van der Waals surface area contributed by atoms with Crippen molar-refractivity contribution < 1.29 is 0 Å². The monoisotopic (exact) mass is 395 g/mol. The van der Waals surface area contributed by atoms with Crippen LogP contribution in [0.5, 0.6) is 0 Å². The van der Waals surface area contributed by atoms with E-state index in [1.54, 1.807) is 5.57 Å². The van der Waals surface area contributed by atoms with Crippen molar-refractivity contribution in [2.24, 2.45) is 0 Å². The van der Waals surface area contributed by atoms with Gasteiger partial charge in [0.2, 0.25) is 0 Å². The Morgan fingerprint density at radius 1 is 1.09 bits per heavy atom. The molecule has 22 heavy (non-hydrogen) atoms. The van der Waals surface area contributed by atoms with Crippen LogP contribution in [0, 0.1) is 0 Å². The van der Waals surface area contributed by atoms with E-state index in [1.807, 2.05) is 28.5 Å². The van der Waals surface area contributed by atoms with Gasteiger partial charge in [0.05, 0.1) is 0 Å². The fraction of sp³-hybridized carbons (Fsp3) is 0.444. The molecule has 1 atom stereocenters. The van der Waals surface area contributed by atoms with E-state index in [4.69, 9.17) is 0 Å². The highest BCUT2D eigenvalue weighted by Crippen LogP contribution is 2.39. The van der Waals surface area contributed by atoms with Gasteiger partial charge in [-0.05, 0) is 60.1 Å². The summed E-state index contributed by atoms with van der Waals surface area (Å²) in [5, 5.41) is 4.40. The molecule has 0 aliphatic carbocycles. The summed E-state index contributed by atoms with van der Waals surface area (Å²) in [7, 11) is 0. The van der Waals surface area contributed by atoms with Crippen LogP contribution in [0.3, 0.4) is 0 Å². The first-order valence-electron chi connectivity index (χ1n) is 7.83. The van der Waals surface area contributed by atoms with Crippen molar-refractivity contribution in [3.63, 3.8) is 0 Å². The molecule has 0 bridgehead atoms. The average Bonchev–Trinajstić information content (AvgIpc) is 3.32. The van der Waals surface area contributed by atoms with Crippen LogP contribution >= 0.6 is 38.6 Å². The lowest BCUT2D eigenvalue weighted by atomic mass is 9.98. The number of halogens is 1. The molecule has 2 aromatic heterocycles. The molecule has 1 unspecified atom stereocenters. The van der Waals surface area contributed by atoms with E-state index in [0.29, 0.717) is 0 Å². The third-order valence-corrected chi connectivity index (χ3v) is 6.29. The Morgan fingerprint density at radius 3 is 2.32 bits per heavy atom. The van der Waals surface area contributed by atoms with Crippen LogP contribution in [-0.2, 0) is 0 Å². The topological polar surface area (TPSA) is 3.24 Å². The minimum Gasteiger partial charge on any atom is -0.296 e. The van der Waals surface area contributed by atoms with Crippen LogP contribution in [0.15, 0.2) is 40.6 Å². The summed E-state index contributed by atoms with van der Waals surface area (Å²) in [4.78, 5) is 5.60. The number of piperidine rings is 1. The van der Waals surface area contributed by atoms with Crippen LogP contribution in [0.4, 0.5) is 0 Å². The van der Waals surface area contributed by atoms with Gasteiger partial charge in [-0.2, -0.15) is 0 Å². The number of hydrogen-bond acceptors (Lipinski definition) is 3. The van der Waals surface area contributed by atoms with Crippen molar-refractivity contribution in [2.75, 3.05) is 18.9 Å².